The second kappa shape index (κ2) is 8.41. The highest BCUT2D eigenvalue weighted by Gasteiger charge is 2.40. The van der Waals surface area contributed by atoms with Crippen molar-refractivity contribution in [3.63, 3.8) is 0 Å². The van der Waals surface area contributed by atoms with E-state index in [0.717, 1.165) is 22.3 Å². The van der Waals surface area contributed by atoms with Gasteiger partial charge in [-0.1, -0.05) is 61.2 Å². The Bertz CT molecular complexity index is 821. The highest BCUT2D eigenvalue weighted by atomic mass is 32.1. The molecule has 2 N–H and O–H groups in total. The summed E-state index contributed by atoms with van der Waals surface area (Å²) >= 11 is 4.11. The van der Waals surface area contributed by atoms with E-state index in [-0.39, 0.29) is 18.3 Å². The Morgan fingerprint density at radius 1 is 1.15 bits per heavy atom. The number of esters is 1. The first-order valence-electron chi connectivity index (χ1n) is 8.64. The molecule has 3 rings (SSSR count). The monoisotopic (exact) mass is 383 g/mol. The van der Waals surface area contributed by atoms with Gasteiger partial charge in [-0.15, -0.1) is 0 Å². The van der Waals surface area contributed by atoms with Gasteiger partial charge in [-0.05, 0) is 22.3 Å². The minimum Gasteiger partial charge on any atom is -0.480 e. The third kappa shape index (κ3) is 3.77. The van der Waals surface area contributed by atoms with Crippen molar-refractivity contribution >= 4 is 24.6 Å². The zero-order chi connectivity index (χ0) is 19.4. The fourth-order valence-electron chi connectivity index (χ4n) is 3.50. The Morgan fingerprint density at radius 3 is 2.19 bits per heavy atom. The standard InChI is InChI=1S/C21H21NO4S/c1-2-11-26-21(25)19(22-17(12-27)20(23)24)18-15-9-5-3-7-13(15)14-8-4-6-10-16(14)18/h2-10,17-19,22,27H,1,11-12H2,(H,23,24)/t17?,19-/m0/s1. The molecule has 0 heterocycles. The maximum Gasteiger partial charge on any atom is 0.324 e. The maximum atomic E-state index is 12.8. The van der Waals surface area contributed by atoms with E-state index in [9.17, 15) is 14.7 Å². The van der Waals surface area contributed by atoms with E-state index < -0.39 is 24.0 Å². The molecule has 140 valence electrons. The Hall–Kier alpha value is -2.57. The van der Waals surface area contributed by atoms with Gasteiger partial charge in [0.05, 0.1) is 0 Å². The van der Waals surface area contributed by atoms with Crippen LogP contribution < -0.4 is 5.32 Å². The number of carbonyl (C=O) groups is 2. The highest BCUT2D eigenvalue weighted by Crippen LogP contribution is 2.46. The second-order valence-electron chi connectivity index (χ2n) is 6.29. The maximum absolute atomic E-state index is 12.8. The van der Waals surface area contributed by atoms with Crippen LogP contribution >= 0.6 is 12.6 Å². The molecule has 1 aliphatic rings. The normalized spacial score (nSPS) is 14.7. The van der Waals surface area contributed by atoms with Crippen LogP contribution in [0, 0.1) is 0 Å². The summed E-state index contributed by atoms with van der Waals surface area (Å²) in [7, 11) is 0. The average Bonchev–Trinajstić information content (AvgIpc) is 3.01. The number of thiol groups is 1. The molecule has 1 unspecified atom stereocenters. The number of benzene rings is 2. The first kappa shape index (κ1) is 19.2. The van der Waals surface area contributed by atoms with E-state index in [1.54, 1.807) is 0 Å². The summed E-state index contributed by atoms with van der Waals surface area (Å²) in [5.74, 6) is -1.88. The van der Waals surface area contributed by atoms with Gasteiger partial charge in [0.25, 0.3) is 0 Å². The third-order valence-corrected chi connectivity index (χ3v) is 5.04. The Labute approximate surface area is 163 Å². The Balaban J connectivity index is 2.06. The predicted octanol–water partition coefficient (Wildman–Crippen LogP) is 2.87. The molecule has 2 aromatic rings. The number of fused-ring (bicyclic) bond motifs is 3. The number of carbonyl (C=O) groups excluding carboxylic acids is 1. The number of carboxylic acid groups (broad SMARTS) is 1. The van der Waals surface area contributed by atoms with Gasteiger partial charge in [-0.3, -0.25) is 14.9 Å². The van der Waals surface area contributed by atoms with E-state index >= 15 is 0 Å². The van der Waals surface area contributed by atoms with Crippen LogP contribution in [0.3, 0.4) is 0 Å². The first-order chi connectivity index (χ1) is 13.1. The summed E-state index contributed by atoms with van der Waals surface area (Å²) in [6.07, 6.45) is 1.48. The molecule has 0 amide bonds. The molecule has 2 atom stereocenters. The van der Waals surface area contributed by atoms with Gasteiger partial charge in [0.15, 0.2) is 0 Å². The SMILES string of the molecule is C=CCOC(=O)[C@@H](NC(CS)C(=O)O)C1c2ccccc2-c2ccccc21. The van der Waals surface area contributed by atoms with E-state index in [1.807, 2.05) is 48.5 Å². The molecular weight excluding hydrogens is 362 g/mol. The summed E-state index contributed by atoms with van der Waals surface area (Å²) in [5.41, 5.74) is 4.02. The minimum absolute atomic E-state index is 0.0522. The lowest BCUT2D eigenvalue weighted by atomic mass is 9.88. The van der Waals surface area contributed by atoms with Crippen LogP contribution in [0.1, 0.15) is 17.0 Å². The van der Waals surface area contributed by atoms with Crippen molar-refractivity contribution in [1.82, 2.24) is 5.32 Å². The van der Waals surface area contributed by atoms with E-state index in [2.05, 4.69) is 24.5 Å². The molecule has 0 saturated carbocycles. The summed E-state index contributed by atoms with van der Waals surface area (Å²) in [4.78, 5) is 24.4. The van der Waals surface area contributed by atoms with Crippen molar-refractivity contribution in [2.75, 3.05) is 12.4 Å². The van der Waals surface area contributed by atoms with E-state index in [4.69, 9.17) is 4.74 Å². The van der Waals surface area contributed by atoms with Crippen LogP contribution in [0.15, 0.2) is 61.2 Å². The molecule has 2 aromatic carbocycles. The molecule has 0 radical (unpaired) electrons. The summed E-state index contributed by atoms with van der Waals surface area (Å²) in [6, 6.07) is 13.8. The van der Waals surface area contributed by atoms with Gasteiger partial charge in [-0.25, -0.2) is 0 Å². The number of nitrogens with one attached hydrogen (secondary N) is 1. The van der Waals surface area contributed by atoms with Gasteiger partial charge in [-0.2, -0.15) is 12.6 Å². The molecule has 0 fully saturated rings. The lowest BCUT2D eigenvalue weighted by molar-refractivity contribution is -0.146. The third-order valence-electron chi connectivity index (χ3n) is 4.67. The number of aliphatic carboxylic acids is 1. The fraction of sp³-hybridized carbons (Fsp3) is 0.238. The topological polar surface area (TPSA) is 75.6 Å². The molecule has 0 bridgehead atoms. The molecule has 1 aliphatic carbocycles. The van der Waals surface area contributed by atoms with Crippen molar-refractivity contribution in [2.45, 2.75) is 18.0 Å². The van der Waals surface area contributed by atoms with Crippen LogP contribution in [0.5, 0.6) is 0 Å². The fourth-order valence-corrected chi connectivity index (χ4v) is 3.77. The molecular formula is C21H21NO4S. The molecule has 0 saturated heterocycles. The average molecular weight is 383 g/mol. The van der Waals surface area contributed by atoms with Crippen LogP contribution in [0.2, 0.25) is 0 Å². The van der Waals surface area contributed by atoms with Crippen molar-refractivity contribution in [3.8, 4) is 11.1 Å². The van der Waals surface area contributed by atoms with Crippen molar-refractivity contribution in [1.29, 1.82) is 0 Å². The predicted molar refractivity (Wildman–Crippen MR) is 107 cm³/mol. The molecule has 0 spiro atoms. The van der Waals surface area contributed by atoms with Gasteiger partial charge < -0.3 is 9.84 Å². The summed E-state index contributed by atoms with van der Waals surface area (Å²) in [6.45, 7) is 3.62. The van der Waals surface area contributed by atoms with Crippen LogP contribution in [0.25, 0.3) is 11.1 Å². The quantitative estimate of drug-likeness (QED) is 0.371. The van der Waals surface area contributed by atoms with Gasteiger partial charge >= 0.3 is 11.9 Å². The number of ether oxygens (including phenoxy) is 1. The number of rotatable bonds is 8. The zero-order valence-corrected chi connectivity index (χ0v) is 15.6. The van der Waals surface area contributed by atoms with Crippen LogP contribution in [-0.2, 0) is 14.3 Å². The molecule has 0 aliphatic heterocycles. The lowest BCUT2D eigenvalue weighted by Gasteiger charge is -2.27. The zero-order valence-electron chi connectivity index (χ0n) is 14.7. The summed E-state index contributed by atoms with van der Waals surface area (Å²) in [5, 5.41) is 12.4. The smallest absolute Gasteiger partial charge is 0.324 e. The van der Waals surface area contributed by atoms with Crippen molar-refractivity contribution in [2.24, 2.45) is 0 Å². The molecule has 6 heteroatoms. The van der Waals surface area contributed by atoms with Gasteiger partial charge in [0, 0.05) is 11.7 Å². The Morgan fingerprint density at radius 2 is 1.70 bits per heavy atom. The lowest BCUT2D eigenvalue weighted by Crippen LogP contribution is -2.51. The summed E-state index contributed by atoms with van der Waals surface area (Å²) < 4.78 is 5.28. The second-order valence-corrected chi connectivity index (χ2v) is 6.65. The number of hydrogen-bond donors (Lipinski definition) is 3. The van der Waals surface area contributed by atoms with Crippen molar-refractivity contribution in [3.05, 3.63) is 72.3 Å². The molecule has 0 aromatic heterocycles. The number of carboxylic acids is 1. The van der Waals surface area contributed by atoms with E-state index in [1.165, 1.54) is 6.08 Å². The molecule has 5 nitrogen and oxygen atoms in total. The van der Waals surface area contributed by atoms with E-state index in [0.29, 0.717) is 0 Å². The van der Waals surface area contributed by atoms with Gasteiger partial charge in [0.2, 0.25) is 0 Å². The molecule has 27 heavy (non-hydrogen) atoms. The largest absolute Gasteiger partial charge is 0.480 e. The van der Waals surface area contributed by atoms with Crippen LogP contribution in [0.4, 0.5) is 0 Å². The highest BCUT2D eigenvalue weighted by molar-refractivity contribution is 7.80. The van der Waals surface area contributed by atoms with Crippen molar-refractivity contribution < 1.29 is 19.4 Å². The first-order valence-corrected chi connectivity index (χ1v) is 9.27. The Kier molecular flexibility index (Phi) is 5.98. The van der Waals surface area contributed by atoms with Crippen LogP contribution in [-0.4, -0.2) is 41.5 Å². The van der Waals surface area contributed by atoms with Gasteiger partial charge in [0.1, 0.15) is 18.7 Å². The minimum atomic E-state index is -1.06. The number of hydrogen-bond acceptors (Lipinski definition) is 5.